The molecule has 0 atom stereocenters. The van der Waals surface area contributed by atoms with Crippen LogP contribution in [0.1, 0.15) is 69.1 Å². The molecule has 6 nitrogen and oxygen atoms in total. The molecule has 0 saturated heterocycles. The molecule has 0 aliphatic carbocycles. The maximum Gasteiger partial charge on any atom is 0.346 e. The van der Waals surface area contributed by atoms with Gasteiger partial charge in [0.25, 0.3) is 0 Å². The van der Waals surface area contributed by atoms with Crippen LogP contribution in [0.5, 0.6) is 0 Å². The Morgan fingerprint density at radius 3 is 0.828 bits per heavy atom. The SMILES string of the molecule is CC.CC.O=C1OC(=O)c2ccccc21.O=C1OC(=O)c2ccccc21.[CH3-].[CH3-].[Y]. The Labute approximate surface area is 197 Å². The fourth-order valence-corrected chi connectivity index (χ4v) is 2.07. The van der Waals surface area contributed by atoms with Crippen molar-refractivity contribution in [2.24, 2.45) is 0 Å². The van der Waals surface area contributed by atoms with Crippen LogP contribution in [0.3, 0.4) is 0 Å². The normalized spacial score (nSPS) is 11.4. The molecule has 0 amide bonds. The number of ether oxygens (including phenoxy) is 2. The van der Waals surface area contributed by atoms with E-state index < -0.39 is 23.9 Å². The summed E-state index contributed by atoms with van der Waals surface area (Å²) in [6.45, 7) is 8.00. The van der Waals surface area contributed by atoms with Crippen LogP contribution in [0.25, 0.3) is 0 Å². The zero-order chi connectivity index (χ0) is 19.7. The Bertz CT molecular complexity index is 694. The van der Waals surface area contributed by atoms with E-state index in [0.717, 1.165) is 0 Å². The van der Waals surface area contributed by atoms with Crippen LogP contribution >= 0.6 is 0 Å². The zero-order valence-electron chi connectivity index (χ0n) is 17.6. The molecule has 2 aliphatic rings. The van der Waals surface area contributed by atoms with Crippen molar-refractivity contribution in [3.63, 3.8) is 0 Å². The summed E-state index contributed by atoms with van der Waals surface area (Å²) in [5.41, 5.74) is 1.44. The van der Waals surface area contributed by atoms with Gasteiger partial charge in [0.2, 0.25) is 0 Å². The first kappa shape index (κ1) is 31.5. The number of carbonyl (C=O) groups excluding carboxylic acids is 4. The van der Waals surface area contributed by atoms with Crippen LogP contribution in [0.15, 0.2) is 48.5 Å². The van der Waals surface area contributed by atoms with Crippen molar-refractivity contribution in [2.75, 3.05) is 0 Å². The Morgan fingerprint density at radius 1 is 0.483 bits per heavy atom. The van der Waals surface area contributed by atoms with E-state index in [1.54, 1.807) is 48.5 Å². The molecule has 2 aliphatic heterocycles. The van der Waals surface area contributed by atoms with Gasteiger partial charge in [-0.15, -0.1) is 0 Å². The maximum atomic E-state index is 10.8. The van der Waals surface area contributed by atoms with Crippen LogP contribution in [-0.4, -0.2) is 23.9 Å². The number of rotatable bonds is 0. The first-order valence-electron chi connectivity index (χ1n) is 8.29. The maximum absolute atomic E-state index is 10.8. The van der Waals surface area contributed by atoms with Gasteiger partial charge in [0.05, 0.1) is 22.3 Å². The minimum atomic E-state index is -0.550. The summed E-state index contributed by atoms with van der Waals surface area (Å²) in [6, 6.07) is 13.1. The average molecular weight is 475 g/mol. The van der Waals surface area contributed by atoms with Gasteiger partial charge in [-0.2, -0.15) is 0 Å². The molecule has 0 N–H and O–H groups in total. The number of cyclic esters (lactones) is 4. The van der Waals surface area contributed by atoms with Gasteiger partial charge in [-0.25, -0.2) is 19.2 Å². The predicted molar refractivity (Wildman–Crippen MR) is 108 cm³/mol. The third-order valence-electron chi connectivity index (χ3n) is 3.10. The third kappa shape index (κ3) is 7.63. The van der Waals surface area contributed by atoms with E-state index in [0.29, 0.717) is 22.3 Å². The molecule has 4 rings (SSSR count). The third-order valence-corrected chi connectivity index (χ3v) is 3.10. The van der Waals surface area contributed by atoms with Gasteiger partial charge in [-0.3, -0.25) is 0 Å². The van der Waals surface area contributed by atoms with Crippen molar-refractivity contribution in [3.8, 4) is 0 Å². The fraction of sp³-hybridized carbons (Fsp3) is 0.182. The van der Waals surface area contributed by atoms with Crippen molar-refractivity contribution in [1.29, 1.82) is 0 Å². The summed E-state index contributed by atoms with van der Waals surface area (Å²) in [5.74, 6) is -2.20. The van der Waals surface area contributed by atoms with Crippen LogP contribution in [0.2, 0.25) is 0 Å². The van der Waals surface area contributed by atoms with E-state index in [-0.39, 0.29) is 47.6 Å². The van der Waals surface area contributed by atoms with E-state index in [2.05, 4.69) is 9.47 Å². The summed E-state index contributed by atoms with van der Waals surface area (Å²) in [4.78, 5) is 43.3. The van der Waals surface area contributed by atoms with Crippen molar-refractivity contribution in [2.45, 2.75) is 27.7 Å². The smallest absolute Gasteiger partial charge is 0.346 e. The molecule has 0 spiro atoms. The molecule has 1 radical (unpaired) electrons. The second-order valence-electron chi connectivity index (χ2n) is 4.45. The molecule has 29 heavy (non-hydrogen) atoms. The molecule has 0 saturated carbocycles. The minimum absolute atomic E-state index is 0. The van der Waals surface area contributed by atoms with Crippen molar-refractivity contribution in [1.82, 2.24) is 0 Å². The number of esters is 4. The number of carbonyl (C=O) groups is 4. The summed E-state index contributed by atoms with van der Waals surface area (Å²) in [7, 11) is 0. The minimum Gasteiger partial charge on any atom is -0.386 e. The molecule has 0 aromatic heterocycles. The van der Waals surface area contributed by atoms with Crippen molar-refractivity contribution in [3.05, 3.63) is 85.6 Å². The summed E-state index contributed by atoms with van der Waals surface area (Å²) in [5, 5.41) is 0. The molecule has 2 aromatic carbocycles. The van der Waals surface area contributed by atoms with Crippen LogP contribution in [-0.2, 0) is 42.2 Å². The molecule has 2 aromatic rings. The standard InChI is InChI=1S/2C8H4O3.2C2H6.2CH3.Y/c2*9-7-5-3-1-2-4-6(5)8(10)11-7;2*1-2;;;/h2*1-4H;2*1-2H3;2*1H3;/q;;;;2*-1;. The number of hydrogen-bond donors (Lipinski definition) is 0. The molecule has 0 bridgehead atoms. The second kappa shape index (κ2) is 15.7. The van der Waals surface area contributed by atoms with Gasteiger partial charge in [0.1, 0.15) is 0 Å². The van der Waals surface area contributed by atoms with Gasteiger partial charge < -0.3 is 24.3 Å². The van der Waals surface area contributed by atoms with Gasteiger partial charge in [0, 0.05) is 32.7 Å². The zero-order valence-corrected chi connectivity index (χ0v) is 20.5. The summed E-state index contributed by atoms with van der Waals surface area (Å²) >= 11 is 0. The summed E-state index contributed by atoms with van der Waals surface area (Å²) in [6.07, 6.45) is 0. The quantitative estimate of drug-likeness (QED) is 0.305. The first-order chi connectivity index (χ1) is 12.6. The van der Waals surface area contributed by atoms with E-state index in [1.807, 2.05) is 27.7 Å². The van der Waals surface area contributed by atoms with E-state index in [4.69, 9.17) is 0 Å². The van der Waals surface area contributed by atoms with Crippen molar-refractivity contribution < 1.29 is 61.4 Å². The summed E-state index contributed by atoms with van der Waals surface area (Å²) < 4.78 is 8.71. The Balaban J connectivity index is -0.000000366. The predicted octanol–water partition coefficient (Wildman–Crippen LogP) is 4.94. The molecule has 155 valence electrons. The average Bonchev–Trinajstić information content (AvgIpc) is 3.15. The van der Waals surface area contributed by atoms with Gasteiger partial charge in [-0.1, -0.05) is 52.0 Å². The molecule has 2 heterocycles. The Kier molecular flexibility index (Phi) is 17.1. The largest absolute Gasteiger partial charge is 0.386 e. The topological polar surface area (TPSA) is 86.7 Å². The van der Waals surface area contributed by atoms with Gasteiger partial charge in [0.15, 0.2) is 0 Å². The van der Waals surface area contributed by atoms with E-state index in [1.165, 1.54) is 0 Å². The Hall–Kier alpha value is -2.18. The van der Waals surface area contributed by atoms with E-state index in [9.17, 15) is 19.2 Å². The molecular formula is C22H26O6Y-2. The monoisotopic (exact) mass is 475 g/mol. The number of hydrogen-bond acceptors (Lipinski definition) is 6. The van der Waals surface area contributed by atoms with Gasteiger partial charge in [-0.05, 0) is 24.3 Å². The fourth-order valence-electron chi connectivity index (χ4n) is 2.07. The van der Waals surface area contributed by atoms with Crippen LogP contribution < -0.4 is 0 Å². The molecule has 7 heteroatoms. The first-order valence-corrected chi connectivity index (χ1v) is 8.29. The van der Waals surface area contributed by atoms with Gasteiger partial charge >= 0.3 is 23.9 Å². The number of benzene rings is 2. The van der Waals surface area contributed by atoms with E-state index >= 15 is 0 Å². The van der Waals surface area contributed by atoms with Crippen LogP contribution in [0, 0.1) is 14.9 Å². The van der Waals surface area contributed by atoms with Crippen molar-refractivity contribution >= 4 is 23.9 Å². The second-order valence-corrected chi connectivity index (χ2v) is 4.45. The number of fused-ring (bicyclic) bond motifs is 2. The molecule has 0 fully saturated rings. The Morgan fingerprint density at radius 2 is 0.655 bits per heavy atom. The molecular weight excluding hydrogens is 449 g/mol. The van der Waals surface area contributed by atoms with Crippen LogP contribution in [0.4, 0.5) is 0 Å². The molecule has 0 unspecified atom stereocenters.